The van der Waals surface area contributed by atoms with E-state index < -0.39 is 47.8 Å². The van der Waals surface area contributed by atoms with E-state index >= 15 is 0 Å². The van der Waals surface area contributed by atoms with Crippen LogP contribution in [-0.4, -0.2) is 66.1 Å². The monoisotopic (exact) mass is 450 g/mol. The summed E-state index contributed by atoms with van der Waals surface area (Å²) in [4.78, 5) is 59.6. The van der Waals surface area contributed by atoms with Gasteiger partial charge in [0.15, 0.2) is 0 Å². The molecule has 2 rings (SSSR count). The molecule has 13 heteroatoms. The zero-order valence-electron chi connectivity index (χ0n) is 17.3. The van der Waals surface area contributed by atoms with Gasteiger partial charge in [-0.25, -0.2) is 4.79 Å². The summed E-state index contributed by atoms with van der Waals surface area (Å²) in [5.74, 6) is -2.91. The van der Waals surface area contributed by atoms with Gasteiger partial charge in [-0.05, 0) is 31.5 Å². The molecule has 0 bridgehead atoms. The molecule has 5 amide bonds. The standard InChI is InChI=1S/C19H26N6O7/c1-9-8-32-14-4-2-10(24-19(21)31)6-11(14)16(28)22-7-12(20)17(29)25-13(18(30)23-9)3-5-15(26)27/h2,4,6,9,12-13H,3,5,7-8,20H2,1H3,(H,22,28)(H,23,30)(H,25,29)(H,26,27)(H3,21,24,31). The van der Waals surface area contributed by atoms with Crippen molar-refractivity contribution in [3.63, 3.8) is 0 Å². The van der Waals surface area contributed by atoms with Crippen LogP contribution in [0.4, 0.5) is 10.5 Å². The highest BCUT2D eigenvalue weighted by Crippen LogP contribution is 2.23. The number of ether oxygens (including phenoxy) is 1. The van der Waals surface area contributed by atoms with E-state index in [4.69, 9.17) is 21.3 Å². The number of hydrogen-bond acceptors (Lipinski definition) is 7. The van der Waals surface area contributed by atoms with Crippen molar-refractivity contribution in [2.75, 3.05) is 18.5 Å². The Labute approximate surface area is 183 Å². The van der Waals surface area contributed by atoms with Gasteiger partial charge >= 0.3 is 12.0 Å². The third kappa shape index (κ3) is 7.12. The second kappa shape index (κ2) is 10.9. The van der Waals surface area contributed by atoms with Crippen molar-refractivity contribution >= 4 is 35.4 Å². The third-order valence-electron chi connectivity index (χ3n) is 4.47. The number of rotatable bonds is 4. The van der Waals surface area contributed by atoms with Crippen molar-refractivity contribution in [3.8, 4) is 5.75 Å². The van der Waals surface area contributed by atoms with Crippen LogP contribution in [0.2, 0.25) is 0 Å². The van der Waals surface area contributed by atoms with Crippen molar-refractivity contribution in [2.45, 2.75) is 37.9 Å². The first-order valence-corrected chi connectivity index (χ1v) is 9.76. The average molecular weight is 450 g/mol. The Morgan fingerprint density at radius 3 is 2.59 bits per heavy atom. The number of fused-ring (bicyclic) bond motifs is 1. The Morgan fingerprint density at radius 2 is 1.94 bits per heavy atom. The quantitative estimate of drug-likeness (QED) is 0.285. The number of benzene rings is 1. The van der Waals surface area contributed by atoms with Gasteiger partial charge in [0.1, 0.15) is 24.4 Å². The van der Waals surface area contributed by atoms with Crippen LogP contribution >= 0.6 is 0 Å². The minimum Gasteiger partial charge on any atom is -0.491 e. The van der Waals surface area contributed by atoms with Crippen LogP contribution in [-0.2, 0) is 14.4 Å². The van der Waals surface area contributed by atoms with Crippen molar-refractivity contribution in [1.29, 1.82) is 0 Å². The second-order valence-electron chi connectivity index (χ2n) is 7.23. The zero-order chi connectivity index (χ0) is 23.8. The largest absolute Gasteiger partial charge is 0.491 e. The smallest absolute Gasteiger partial charge is 0.316 e. The average Bonchev–Trinajstić information content (AvgIpc) is 2.72. The first-order chi connectivity index (χ1) is 15.1. The minimum atomic E-state index is -1.21. The molecule has 1 aliphatic rings. The number of hydrogen-bond donors (Lipinski definition) is 7. The van der Waals surface area contributed by atoms with E-state index in [2.05, 4.69) is 21.3 Å². The fourth-order valence-electron chi connectivity index (χ4n) is 2.86. The van der Waals surface area contributed by atoms with E-state index in [1.165, 1.54) is 18.2 Å². The number of carboxylic acids is 1. The van der Waals surface area contributed by atoms with Crippen molar-refractivity contribution in [2.24, 2.45) is 11.5 Å². The fourth-order valence-corrected chi connectivity index (χ4v) is 2.86. The van der Waals surface area contributed by atoms with Gasteiger partial charge in [0.2, 0.25) is 11.8 Å². The van der Waals surface area contributed by atoms with Gasteiger partial charge in [-0.3, -0.25) is 19.2 Å². The second-order valence-corrected chi connectivity index (χ2v) is 7.23. The van der Waals surface area contributed by atoms with Crippen molar-refractivity contribution in [1.82, 2.24) is 16.0 Å². The molecule has 0 aromatic heterocycles. The van der Waals surface area contributed by atoms with Crippen molar-refractivity contribution in [3.05, 3.63) is 23.8 Å². The van der Waals surface area contributed by atoms with Crippen molar-refractivity contribution < 1.29 is 33.8 Å². The molecule has 174 valence electrons. The number of amides is 5. The van der Waals surface area contributed by atoms with E-state index in [0.717, 1.165) is 0 Å². The SMILES string of the molecule is CC1COc2ccc(NC(N)=O)cc2C(=O)NCC(N)C(=O)NC(CCC(=O)O)C(=O)N1. The maximum Gasteiger partial charge on any atom is 0.316 e. The Bertz CT molecular complexity index is 906. The Hall–Kier alpha value is -3.87. The minimum absolute atomic E-state index is 0.0340. The molecule has 1 aliphatic heterocycles. The lowest BCUT2D eigenvalue weighted by molar-refractivity contribution is -0.138. The third-order valence-corrected chi connectivity index (χ3v) is 4.47. The zero-order valence-corrected chi connectivity index (χ0v) is 17.3. The molecule has 13 nitrogen and oxygen atoms in total. The maximum atomic E-state index is 12.7. The molecule has 0 spiro atoms. The lowest BCUT2D eigenvalue weighted by Gasteiger charge is -2.24. The Kier molecular flexibility index (Phi) is 8.35. The van der Waals surface area contributed by atoms with Gasteiger partial charge in [-0.1, -0.05) is 0 Å². The van der Waals surface area contributed by atoms with E-state index in [1.54, 1.807) is 6.92 Å². The molecule has 32 heavy (non-hydrogen) atoms. The lowest BCUT2D eigenvalue weighted by atomic mass is 10.1. The number of aliphatic carboxylic acids is 1. The molecule has 0 fully saturated rings. The molecular weight excluding hydrogens is 424 g/mol. The van der Waals surface area contributed by atoms with Crippen LogP contribution in [0.25, 0.3) is 0 Å². The van der Waals surface area contributed by atoms with Gasteiger partial charge in [0, 0.05) is 18.7 Å². The highest BCUT2D eigenvalue weighted by atomic mass is 16.5. The molecule has 1 heterocycles. The summed E-state index contributed by atoms with van der Waals surface area (Å²) in [6.07, 6.45) is -0.484. The van der Waals surface area contributed by atoms with E-state index in [0.29, 0.717) is 0 Å². The van der Waals surface area contributed by atoms with Gasteiger partial charge in [-0.15, -0.1) is 0 Å². The Morgan fingerprint density at radius 1 is 1.22 bits per heavy atom. The molecule has 0 radical (unpaired) electrons. The first-order valence-electron chi connectivity index (χ1n) is 9.76. The number of carbonyl (C=O) groups excluding carboxylic acids is 4. The topological polar surface area (TPSA) is 215 Å². The number of carboxylic acid groups (broad SMARTS) is 1. The maximum absolute atomic E-state index is 12.7. The van der Waals surface area contributed by atoms with Crippen LogP contribution in [0.15, 0.2) is 18.2 Å². The molecule has 3 atom stereocenters. The van der Waals surface area contributed by atoms with Crippen LogP contribution in [0.5, 0.6) is 5.75 Å². The fraction of sp³-hybridized carbons (Fsp3) is 0.421. The summed E-state index contributed by atoms with van der Waals surface area (Å²) in [6.45, 7) is 1.32. The van der Waals surface area contributed by atoms with Gasteiger partial charge in [0.25, 0.3) is 5.91 Å². The summed E-state index contributed by atoms with van der Waals surface area (Å²) in [5, 5.41) is 18.8. The molecule has 9 N–H and O–H groups in total. The highest BCUT2D eigenvalue weighted by Gasteiger charge is 2.27. The predicted molar refractivity (Wildman–Crippen MR) is 112 cm³/mol. The number of anilines is 1. The molecule has 3 unspecified atom stereocenters. The van der Waals surface area contributed by atoms with Crippen LogP contribution in [0, 0.1) is 0 Å². The number of nitrogens with two attached hydrogens (primary N) is 2. The summed E-state index contributed by atoms with van der Waals surface area (Å²) in [5.41, 5.74) is 11.2. The number of nitrogens with one attached hydrogen (secondary N) is 4. The summed E-state index contributed by atoms with van der Waals surface area (Å²) in [6, 6.07) is 0.559. The summed E-state index contributed by atoms with van der Waals surface area (Å²) < 4.78 is 5.67. The summed E-state index contributed by atoms with van der Waals surface area (Å²) in [7, 11) is 0. The molecule has 1 aromatic carbocycles. The lowest BCUT2D eigenvalue weighted by Crippen LogP contribution is -2.56. The molecule has 0 saturated carbocycles. The van der Waals surface area contributed by atoms with Crippen LogP contribution < -0.4 is 37.5 Å². The molecule has 0 saturated heterocycles. The molecule has 0 aliphatic carbocycles. The van der Waals surface area contributed by atoms with Gasteiger partial charge < -0.3 is 42.6 Å². The van der Waals surface area contributed by atoms with E-state index in [9.17, 15) is 24.0 Å². The number of carbonyl (C=O) groups is 5. The predicted octanol–water partition coefficient (Wildman–Crippen LogP) is -1.52. The van der Waals surface area contributed by atoms with Gasteiger partial charge in [0.05, 0.1) is 11.6 Å². The normalized spacial score (nSPS) is 22.2. The molecular formula is C19H26N6O7. The van der Waals surface area contributed by atoms with Crippen LogP contribution in [0.3, 0.4) is 0 Å². The van der Waals surface area contributed by atoms with Gasteiger partial charge in [-0.2, -0.15) is 0 Å². The molecule has 1 aromatic rings. The van der Waals surface area contributed by atoms with E-state index in [-0.39, 0.29) is 43.0 Å². The number of primary amides is 1. The highest BCUT2D eigenvalue weighted by molar-refractivity contribution is 5.99. The first kappa shape index (κ1) is 24.4. The Balaban J connectivity index is 2.29. The number of urea groups is 1. The van der Waals surface area contributed by atoms with Crippen LogP contribution in [0.1, 0.15) is 30.1 Å². The van der Waals surface area contributed by atoms with E-state index in [1.807, 2.05) is 0 Å². The summed E-state index contributed by atoms with van der Waals surface area (Å²) >= 11 is 0.